The standard InChI is InChI=1S/C27H33N3O5/c1-4-6-26(32)30-12-11-23-22(15-30)28-25(31)16-29(3)27(33)20-10-9-18(2)24(14-20)35-21-8-5-7-19(13-21)17-34-23/h5,7-10,13-14,22-23H,4,6,11-12,15-17H2,1-3H3,(H,28,31)/t22-,23+/m0/s1. The molecule has 0 aromatic heterocycles. The van der Waals surface area contributed by atoms with Gasteiger partial charge in [0.15, 0.2) is 0 Å². The van der Waals surface area contributed by atoms with Crippen molar-refractivity contribution in [2.24, 2.45) is 0 Å². The molecule has 0 radical (unpaired) electrons. The predicted octanol–water partition coefficient (Wildman–Crippen LogP) is 3.28. The smallest absolute Gasteiger partial charge is 0.254 e. The van der Waals surface area contributed by atoms with Gasteiger partial charge in [0.1, 0.15) is 11.5 Å². The predicted molar refractivity (Wildman–Crippen MR) is 131 cm³/mol. The van der Waals surface area contributed by atoms with Crippen molar-refractivity contribution < 1.29 is 23.9 Å². The molecule has 2 heterocycles. The molecular weight excluding hydrogens is 446 g/mol. The summed E-state index contributed by atoms with van der Waals surface area (Å²) in [4.78, 5) is 41.7. The quantitative estimate of drug-likeness (QED) is 0.714. The van der Waals surface area contributed by atoms with Crippen LogP contribution in [0.15, 0.2) is 42.5 Å². The average Bonchev–Trinajstić information content (AvgIpc) is 2.84. The van der Waals surface area contributed by atoms with E-state index in [-0.39, 0.29) is 36.4 Å². The van der Waals surface area contributed by atoms with Gasteiger partial charge in [-0.25, -0.2) is 0 Å². The molecule has 35 heavy (non-hydrogen) atoms. The van der Waals surface area contributed by atoms with Crippen LogP contribution in [0.1, 0.15) is 47.7 Å². The van der Waals surface area contributed by atoms with Gasteiger partial charge in [0.05, 0.1) is 25.3 Å². The van der Waals surface area contributed by atoms with Crippen LogP contribution in [0.2, 0.25) is 0 Å². The molecule has 8 heteroatoms. The van der Waals surface area contributed by atoms with Crippen molar-refractivity contribution in [3.05, 3.63) is 59.2 Å². The van der Waals surface area contributed by atoms with Crippen molar-refractivity contribution in [1.29, 1.82) is 0 Å². The van der Waals surface area contributed by atoms with Gasteiger partial charge in [-0.1, -0.05) is 25.1 Å². The van der Waals surface area contributed by atoms with E-state index < -0.39 is 0 Å². The third kappa shape index (κ3) is 6.00. The van der Waals surface area contributed by atoms with Gasteiger partial charge < -0.3 is 24.6 Å². The third-order valence-electron chi connectivity index (χ3n) is 6.47. The zero-order chi connectivity index (χ0) is 24.9. The summed E-state index contributed by atoms with van der Waals surface area (Å²) in [6, 6.07) is 12.6. The SMILES string of the molecule is CCCC(=O)N1CC[C@H]2OCc3cccc(c3)Oc3cc(ccc3C)C(=O)N(C)CC(=O)N[C@H]2C1. The Hall–Kier alpha value is -3.39. The van der Waals surface area contributed by atoms with Crippen molar-refractivity contribution in [1.82, 2.24) is 15.1 Å². The number of carbonyl (C=O) groups is 3. The lowest BCUT2D eigenvalue weighted by atomic mass is 10.0. The van der Waals surface area contributed by atoms with Crippen LogP contribution < -0.4 is 10.1 Å². The summed E-state index contributed by atoms with van der Waals surface area (Å²) in [6.45, 7) is 5.12. The lowest BCUT2D eigenvalue weighted by Gasteiger charge is -2.39. The molecule has 0 spiro atoms. The summed E-state index contributed by atoms with van der Waals surface area (Å²) in [6.07, 6.45) is 1.63. The second-order valence-corrected chi connectivity index (χ2v) is 9.29. The molecule has 0 saturated carbocycles. The Bertz CT molecular complexity index is 1100. The maximum Gasteiger partial charge on any atom is 0.254 e. The van der Waals surface area contributed by atoms with Crippen LogP contribution in [0.5, 0.6) is 11.5 Å². The van der Waals surface area contributed by atoms with Gasteiger partial charge in [0.25, 0.3) is 5.91 Å². The van der Waals surface area contributed by atoms with Crippen molar-refractivity contribution in [2.45, 2.75) is 51.9 Å². The van der Waals surface area contributed by atoms with Crippen molar-refractivity contribution in [2.75, 3.05) is 26.7 Å². The molecule has 3 amide bonds. The van der Waals surface area contributed by atoms with Gasteiger partial charge in [-0.2, -0.15) is 0 Å². The van der Waals surface area contributed by atoms with Crippen LogP contribution in [0, 0.1) is 6.92 Å². The maximum absolute atomic E-state index is 13.0. The molecule has 2 aliphatic rings. The number of hydrogen-bond donors (Lipinski definition) is 1. The molecule has 8 nitrogen and oxygen atoms in total. The van der Waals surface area contributed by atoms with Crippen molar-refractivity contribution in [3.63, 3.8) is 0 Å². The van der Waals surface area contributed by atoms with Gasteiger partial charge in [-0.3, -0.25) is 14.4 Å². The molecule has 2 aliphatic heterocycles. The first-order valence-electron chi connectivity index (χ1n) is 12.2. The average molecular weight is 480 g/mol. The number of amides is 3. The number of likely N-dealkylation sites (N-methyl/N-ethyl adjacent to an activating group) is 1. The fourth-order valence-corrected chi connectivity index (χ4v) is 4.50. The Morgan fingerprint density at radius 1 is 1.17 bits per heavy atom. The second kappa shape index (κ2) is 10.9. The Morgan fingerprint density at radius 3 is 2.80 bits per heavy atom. The minimum absolute atomic E-state index is 0.0830. The number of piperidine rings is 1. The molecule has 4 bridgehead atoms. The van der Waals surface area contributed by atoms with Crippen molar-refractivity contribution >= 4 is 17.7 Å². The first-order chi connectivity index (χ1) is 16.8. The molecule has 0 unspecified atom stereocenters. The van der Waals surface area contributed by atoms with Gasteiger partial charge >= 0.3 is 0 Å². The van der Waals surface area contributed by atoms with E-state index in [0.29, 0.717) is 49.6 Å². The lowest BCUT2D eigenvalue weighted by Crippen LogP contribution is -2.58. The monoisotopic (exact) mass is 479 g/mol. The molecule has 1 fully saturated rings. The first-order valence-corrected chi connectivity index (χ1v) is 12.2. The number of ether oxygens (including phenoxy) is 2. The summed E-state index contributed by atoms with van der Waals surface area (Å²) in [5, 5.41) is 3.02. The maximum atomic E-state index is 13.0. The topological polar surface area (TPSA) is 88.2 Å². The van der Waals surface area contributed by atoms with E-state index in [2.05, 4.69) is 5.32 Å². The van der Waals surface area contributed by atoms with Crippen LogP contribution >= 0.6 is 0 Å². The molecule has 2 aromatic rings. The Balaban J connectivity index is 1.62. The van der Waals surface area contributed by atoms with Crippen LogP contribution in [0.4, 0.5) is 0 Å². The Kier molecular flexibility index (Phi) is 7.70. The minimum Gasteiger partial charge on any atom is -0.457 e. The number of benzene rings is 2. The van der Waals surface area contributed by atoms with E-state index >= 15 is 0 Å². The number of carbonyl (C=O) groups excluding carboxylic acids is 3. The van der Waals surface area contributed by atoms with E-state index in [1.165, 1.54) is 4.90 Å². The van der Waals surface area contributed by atoms with E-state index in [0.717, 1.165) is 17.5 Å². The largest absolute Gasteiger partial charge is 0.457 e. The van der Waals surface area contributed by atoms with Crippen LogP contribution in [-0.2, 0) is 20.9 Å². The number of rotatable bonds is 2. The Labute approximate surface area is 206 Å². The van der Waals surface area contributed by atoms with Gasteiger partial charge in [0, 0.05) is 32.1 Å². The first kappa shape index (κ1) is 24.7. The Morgan fingerprint density at radius 2 is 2.00 bits per heavy atom. The van der Waals surface area contributed by atoms with E-state index in [1.807, 2.05) is 44.2 Å². The highest BCUT2D eigenvalue weighted by atomic mass is 16.5. The molecule has 2 atom stereocenters. The summed E-state index contributed by atoms with van der Waals surface area (Å²) in [7, 11) is 1.60. The number of aryl methyl sites for hydroxylation is 1. The van der Waals surface area contributed by atoms with Crippen molar-refractivity contribution in [3.8, 4) is 11.5 Å². The minimum atomic E-state index is -0.362. The van der Waals surface area contributed by atoms with Crippen LogP contribution in [0.3, 0.4) is 0 Å². The fourth-order valence-electron chi connectivity index (χ4n) is 4.50. The second-order valence-electron chi connectivity index (χ2n) is 9.29. The number of nitrogens with one attached hydrogen (secondary N) is 1. The highest BCUT2D eigenvalue weighted by Gasteiger charge is 2.33. The number of nitrogens with zero attached hydrogens (tertiary/aromatic N) is 2. The summed E-state index contributed by atoms with van der Waals surface area (Å²) in [5.74, 6) is 0.760. The molecule has 0 aliphatic carbocycles. The number of likely N-dealkylation sites (tertiary alicyclic amines) is 1. The fraction of sp³-hybridized carbons (Fsp3) is 0.444. The van der Waals surface area contributed by atoms with Gasteiger partial charge in [0.2, 0.25) is 11.8 Å². The summed E-state index contributed by atoms with van der Waals surface area (Å²) in [5.41, 5.74) is 2.28. The summed E-state index contributed by atoms with van der Waals surface area (Å²) < 4.78 is 12.4. The third-order valence-corrected chi connectivity index (χ3v) is 6.47. The van der Waals surface area contributed by atoms with E-state index in [4.69, 9.17) is 9.47 Å². The van der Waals surface area contributed by atoms with Gasteiger partial charge in [-0.05, 0) is 55.2 Å². The molecule has 2 aromatic carbocycles. The zero-order valence-electron chi connectivity index (χ0n) is 20.6. The molecule has 4 rings (SSSR count). The number of fused-ring (bicyclic) bond motifs is 5. The highest BCUT2D eigenvalue weighted by molar-refractivity contribution is 5.96. The lowest BCUT2D eigenvalue weighted by molar-refractivity contribution is -0.137. The molecule has 186 valence electrons. The van der Waals surface area contributed by atoms with Crippen LogP contribution in [-0.4, -0.2) is 66.3 Å². The number of hydrogen-bond acceptors (Lipinski definition) is 5. The summed E-state index contributed by atoms with van der Waals surface area (Å²) >= 11 is 0. The molecular formula is C27H33N3O5. The van der Waals surface area contributed by atoms with Gasteiger partial charge in [-0.15, -0.1) is 0 Å². The van der Waals surface area contributed by atoms with E-state index in [9.17, 15) is 14.4 Å². The normalized spacial score (nSPS) is 21.1. The molecule has 1 N–H and O–H groups in total. The highest BCUT2D eigenvalue weighted by Crippen LogP contribution is 2.28. The zero-order valence-corrected chi connectivity index (χ0v) is 20.6. The molecule has 1 saturated heterocycles. The van der Waals surface area contributed by atoms with E-state index in [1.54, 1.807) is 24.1 Å². The van der Waals surface area contributed by atoms with Crippen LogP contribution in [0.25, 0.3) is 0 Å².